The molecule has 0 radical (unpaired) electrons. The van der Waals surface area contributed by atoms with Gasteiger partial charge in [-0.05, 0) is 35.2 Å². The highest BCUT2D eigenvalue weighted by molar-refractivity contribution is 9.10. The second-order valence-electron chi connectivity index (χ2n) is 5.15. The molecule has 1 unspecified atom stereocenters. The van der Waals surface area contributed by atoms with Gasteiger partial charge in [0.1, 0.15) is 5.75 Å². The van der Waals surface area contributed by atoms with E-state index in [-0.39, 0.29) is 6.04 Å². The van der Waals surface area contributed by atoms with Gasteiger partial charge in [0, 0.05) is 16.5 Å². The van der Waals surface area contributed by atoms with Crippen molar-refractivity contribution in [2.45, 2.75) is 25.8 Å². The summed E-state index contributed by atoms with van der Waals surface area (Å²) in [6, 6.07) is 12.6. The van der Waals surface area contributed by atoms with Crippen LogP contribution in [0, 0.1) is 0 Å². The van der Waals surface area contributed by atoms with Crippen LogP contribution in [0.15, 0.2) is 40.9 Å². The maximum Gasteiger partial charge on any atom is 0.127 e. The lowest BCUT2D eigenvalue weighted by Gasteiger charge is -2.17. The van der Waals surface area contributed by atoms with Crippen molar-refractivity contribution in [3.05, 3.63) is 63.1 Å². The van der Waals surface area contributed by atoms with E-state index < -0.39 is 0 Å². The molecule has 0 fully saturated rings. The molecule has 0 aromatic heterocycles. The third kappa shape index (κ3) is 2.48. The lowest BCUT2D eigenvalue weighted by Crippen LogP contribution is -2.13. The highest BCUT2D eigenvalue weighted by Gasteiger charge is 2.22. The van der Waals surface area contributed by atoms with Gasteiger partial charge in [0.05, 0.1) is 12.6 Å². The van der Waals surface area contributed by atoms with Crippen LogP contribution in [-0.2, 0) is 12.8 Å². The van der Waals surface area contributed by atoms with Crippen molar-refractivity contribution >= 4 is 15.9 Å². The van der Waals surface area contributed by atoms with Crippen molar-refractivity contribution in [2.24, 2.45) is 5.73 Å². The molecule has 2 nitrogen and oxygen atoms in total. The maximum absolute atomic E-state index is 6.45. The van der Waals surface area contributed by atoms with Gasteiger partial charge in [-0.3, -0.25) is 0 Å². The Morgan fingerprint density at radius 1 is 1.25 bits per heavy atom. The molecular formula is C17H18BrNO. The molecule has 20 heavy (non-hydrogen) atoms. The summed E-state index contributed by atoms with van der Waals surface area (Å²) in [5.41, 5.74) is 11.2. The largest absolute Gasteiger partial charge is 0.493 e. The van der Waals surface area contributed by atoms with E-state index in [1.807, 2.05) is 0 Å². The summed E-state index contributed by atoms with van der Waals surface area (Å²) >= 11 is 3.57. The molecule has 3 rings (SSSR count). The zero-order chi connectivity index (χ0) is 14.1. The van der Waals surface area contributed by atoms with Gasteiger partial charge in [0.25, 0.3) is 0 Å². The van der Waals surface area contributed by atoms with Gasteiger partial charge < -0.3 is 10.5 Å². The molecule has 0 spiro atoms. The van der Waals surface area contributed by atoms with Crippen LogP contribution < -0.4 is 10.5 Å². The van der Waals surface area contributed by atoms with Crippen LogP contribution in [0.3, 0.4) is 0 Å². The Balaban J connectivity index is 1.99. The van der Waals surface area contributed by atoms with Crippen molar-refractivity contribution < 1.29 is 4.74 Å². The molecule has 1 atom stereocenters. The SMILES string of the molecule is CCc1ccc(C(N)c2cc(Br)cc3c2OCC3)cc1. The van der Waals surface area contributed by atoms with E-state index in [0.29, 0.717) is 0 Å². The number of ether oxygens (including phenoxy) is 1. The summed E-state index contributed by atoms with van der Waals surface area (Å²) < 4.78 is 6.84. The Labute approximate surface area is 128 Å². The van der Waals surface area contributed by atoms with Crippen molar-refractivity contribution in [3.8, 4) is 5.75 Å². The third-order valence-corrected chi connectivity index (χ3v) is 4.32. The lowest BCUT2D eigenvalue weighted by molar-refractivity contribution is 0.352. The predicted octanol–water partition coefficient (Wildman–Crippen LogP) is 3.99. The van der Waals surface area contributed by atoms with Crippen molar-refractivity contribution in [3.63, 3.8) is 0 Å². The highest BCUT2D eigenvalue weighted by atomic mass is 79.9. The summed E-state index contributed by atoms with van der Waals surface area (Å²) in [4.78, 5) is 0. The average Bonchev–Trinajstić information content (AvgIpc) is 2.94. The summed E-state index contributed by atoms with van der Waals surface area (Å²) in [6.45, 7) is 2.91. The molecule has 2 N–H and O–H groups in total. The van der Waals surface area contributed by atoms with Gasteiger partial charge in [-0.15, -0.1) is 0 Å². The molecule has 1 aliphatic rings. The molecule has 0 aliphatic carbocycles. The summed E-state index contributed by atoms with van der Waals surface area (Å²) in [5.74, 6) is 0.972. The van der Waals surface area contributed by atoms with E-state index in [2.05, 4.69) is 59.3 Å². The van der Waals surface area contributed by atoms with Crippen molar-refractivity contribution in [2.75, 3.05) is 6.61 Å². The number of aryl methyl sites for hydroxylation is 1. The Morgan fingerprint density at radius 2 is 2.00 bits per heavy atom. The molecule has 1 heterocycles. The van der Waals surface area contributed by atoms with Crippen molar-refractivity contribution in [1.82, 2.24) is 0 Å². The number of hydrogen-bond donors (Lipinski definition) is 1. The van der Waals surface area contributed by atoms with Gasteiger partial charge in [-0.25, -0.2) is 0 Å². The topological polar surface area (TPSA) is 35.2 Å². The van der Waals surface area contributed by atoms with Crippen LogP contribution >= 0.6 is 15.9 Å². The first-order chi connectivity index (χ1) is 9.69. The molecule has 104 valence electrons. The highest BCUT2D eigenvalue weighted by Crippen LogP contribution is 2.37. The minimum atomic E-state index is -0.148. The normalized spacial score (nSPS) is 14.8. The molecule has 2 aromatic rings. The zero-order valence-electron chi connectivity index (χ0n) is 11.5. The number of benzene rings is 2. The predicted molar refractivity (Wildman–Crippen MR) is 85.2 cm³/mol. The summed E-state index contributed by atoms with van der Waals surface area (Å²) in [7, 11) is 0. The van der Waals surface area contributed by atoms with Gasteiger partial charge in [-0.1, -0.05) is 47.1 Å². The Morgan fingerprint density at radius 3 is 2.70 bits per heavy atom. The van der Waals surface area contributed by atoms with E-state index in [9.17, 15) is 0 Å². The standard InChI is InChI=1S/C17H18BrNO/c1-2-11-3-5-12(6-4-11)16(19)15-10-14(18)9-13-7-8-20-17(13)15/h3-6,9-10,16H,2,7-8,19H2,1H3. The monoisotopic (exact) mass is 331 g/mol. The fraction of sp³-hybridized carbons (Fsp3) is 0.294. The first-order valence-corrected chi connectivity index (χ1v) is 7.78. The van der Waals surface area contributed by atoms with Crippen LogP contribution in [0.5, 0.6) is 5.75 Å². The molecule has 0 amide bonds. The van der Waals surface area contributed by atoms with E-state index >= 15 is 0 Å². The number of halogens is 1. The van der Waals surface area contributed by atoms with Gasteiger partial charge in [0.15, 0.2) is 0 Å². The number of rotatable bonds is 3. The third-order valence-electron chi connectivity index (χ3n) is 3.86. The first kappa shape index (κ1) is 13.7. The van der Waals surface area contributed by atoms with Gasteiger partial charge in [0.2, 0.25) is 0 Å². The van der Waals surface area contributed by atoms with E-state index in [1.165, 1.54) is 11.1 Å². The van der Waals surface area contributed by atoms with E-state index in [0.717, 1.165) is 40.8 Å². The Kier molecular flexibility index (Phi) is 3.81. The molecule has 3 heteroatoms. The average molecular weight is 332 g/mol. The molecule has 0 saturated carbocycles. The second kappa shape index (κ2) is 5.58. The van der Waals surface area contributed by atoms with Crippen molar-refractivity contribution in [1.29, 1.82) is 0 Å². The molecule has 2 aromatic carbocycles. The number of hydrogen-bond acceptors (Lipinski definition) is 2. The maximum atomic E-state index is 6.45. The zero-order valence-corrected chi connectivity index (χ0v) is 13.1. The lowest BCUT2D eigenvalue weighted by atomic mass is 9.95. The van der Waals surface area contributed by atoms with E-state index in [1.54, 1.807) is 0 Å². The molecule has 0 saturated heterocycles. The van der Waals surface area contributed by atoms with Gasteiger partial charge >= 0.3 is 0 Å². The minimum absolute atomic E-state index is 0.148. The molecule has 1 aliphatic heterocycles. The fourth-order valence-electron chi connectivity index (χ4n) is 2.67. The van der Waals surface area contributed by atoms with Crippen LogP contribution in [0.25, 0.3) is 0 Å². The van der Waals surface area contributed by atoms with Crippen LogP contribution in [0.1, 0.15) is 35.2 Å². The molecular weight excluding hydrogens is 314 g/mol. The Hall–Kier alpha value is -1.32. The number of nitrogens with two attached hydrogens (primary N) is 1. The smallest absolute Gasteiger partial charge is 0.127 e. The van der Waals surface area contributed by atoms with Crippen LogP contribution in [-0.4, -0.2) is 6.61 Å². The Bertz CT molecular complexity index is 622. The van der Waals surface area contributed by atoms with Crippen LogP contribution in [0.4, 0.5) is 0 Å². The second-order valence-corrected chi connectivity index (χ2v) is 6.07. The quantitative estimate of drug-likeness (QED) is 0.922. The summed E-state index contributed by atoms with van der Waals surface area (Å²) in [6.07, 6.45) is 2.01. The van der Waals surface area contributed by atoms with Gasteiger partial charge in [-0.2, -0.15) is 0 Å². The fourth-order valence-corrected chi connectivity index (χ4v) is 3.19. The summed E-state index contributed by atoms with van der Waals surface area (Å²) in [5, 5.41) is 0. The molecule has 0 bridgehead atoms. The minimum Gasteiger partial charge on any atom is -0.493 e. The van der Waals surface area contributed by atoms with Crippen LogP contribution in [0.2, 0.25) is 0 Å². The first-order valence-electron chi connectivity index (χ1n) is 6.98. The van der Waals surface area contributed by atoms with E-state index in [4.69, 9.17) is 10.5 Å². The number of fused-ring (bicyclic) bond motifs is 1.